The highest BCUT2D eigenvalue weighted by molar-refractivity contribution is 7.89. The summed E-state index contributed by atoms with van der Waals surface area (Å²) < 4.78 is 38.2. The Bertz CT molecular complexity index is 933. The number of amides is 1. The van der Waals surface area contributed by atoms with Crippen molar-refractivity contribution in [3.8, 4) is 5.75 Å². The Morgan fingerprint density at radius 1 is 1.09 bits per heavy atom. The second kappa shape index (κ2) is 11.3. The summed E-state index contributed by atoms with van der Waals surface area (Å²) in [5.41, 5.74) is 1.27. The average molecular weight is 497 g/mol. The van der Waals surface area contributed by atoms with Gasteiger partial charge in [-0.1, -0.05) is 0 Å². The Kier molecular flexibility index (Phi) is 8.97. The molecule has 1 aromatic carbocycles. The molecule has 2 fully saturated rings. The number of nitrogens with zero attached hydrogens (tertiary/aromatic N) is 4. The number of ether oxygens (including phenoxy) is 2. The van der Waals surface area contributed by atoms with E-state index in [1.807, 2.05) is 7.05 Å². The van der Waals surface area contributed by atoms with Gasteiger partial charge in [0.05, 0.1) is 18.6 Å². The van der Waals surface area contributed by atoms with Gasteiger partial charge in [-0.25, -0.2) is 8.42 Å². The normalized spacial score (nSPS) is 22.0. The van der Waals surface area contributed by atoms with Gasteiger partial charge in [0.2, 0.25) is 15.9 Å². The van der Waals surface area contributed by atoms with Crippen molar-refractivity contribution >= 4 is 15.9 Å². The summed E-state index contributed by atoms with van der Waals surface area (Å²) in [6.07, 6.45) is 2.01. The zero-order chi connectivity index (χ0) is 25.0. The smallest absolute Gasteiger partial charge is 0.248 e. The molecule has 0 bridgehead atoms. The number of methoxy groups -OCH3 is 1. The molecule has 0 atom stereocenters. The number of benzene rings is 1. The van der Waals surface area contributed by atoms with Gasteiger partial charge in [0, 0.05) is 58.9 Å². The van der Waals surface area contributed by atoms with Gasteiger partial charge in [-0.3, -0.25) is 9.69 Å². The summed E-state index contributed by atoms with van der Waals surface area (Å²) in [6, 6.07) is 4.25. The highest BCUT2D eigenvalue weighted by Gasteiger charge is 2.38. The van der Waals surface area contributed by atoms with E-state index >= 15 is 0 Å². The van der Waals surface area contributed by atoms with Gasteiger partial charge in [-0.2, -0.15) is 4.31 Å². The number of hydrogen-bond acceptors (Lipinski definition) is 7. The van der Waals surface area contributed by atoms with Crippen LogP contribution in [0.1, 0.15) is 24.0 Å². The van der Waals surface area contributed by atoms with Crippen molar-refractivity contribution in [2.75, 3.05) is 74.2 Å². The van der Waals surface area contributed by atoms with Crippen LogP contribution in [0.15, 0.2) is 17.0 Å². The summed E-state index contributed by atoms with van der Waals surface area (Å²) in [5, 5.41) is 0. The van der Waals surface area contributed by atoms with Crippen LogP contribution < -0.4 is 4.74 Å². The fraction of sp³-hybridized carbons (Fsp3) is 0.708. The first kappa shape index (κ1) is 26.9. The van der Waals surface area contributed by atoms with Crippen LogP contribution in [0.25, 0.3) is 0 Å². The maximum absolute atomic E-state index is 13.1. The first-order valence-electron chi connectivity index (χ1n) is 11.9. The van der Waals surface area contributed by atoms with Crippen LogP contribution in [-0.2, 0) is 19.6 Å². The van der Waals surface area contributed by atoms with Crippen molar-refractivity contribution in [1.29, 1.82) is 0 Å². The Morgan fingerprint density at radius 3 is 2.24 bits per heavy atom. The van der Waals surface area contributed by atoms with E-state index in [0.29, 0.717) is 22.9 Å². The Morgan fingerprint density at radius 2 is 1.68 bits per heavy atom. The largest absolute Gasteiger partial charge is 0.497 e. The number of hydrogen-bond donors (Lipinski definition) is 0. The zero-order valence-electron chi connectivity index (χ0n) is 21.4. The quantitative estimate of drug-likeness (QED) is 0.450. The molecule has 1 amide bonds. The minimum absolute atomic E-state index is 0.0410. The second-order valence-electron chi connectivity index (χ2n) is 9.59. The fourth-order valence-corrected chi connectivity index (χ4v) is 6.29. The Labute approximate surface area is 204 Å². The van der Waals surface area contributed by atoms with Crippen molar-refractivity contribution in [2.24, 2.45) is 0 Å². The van der Waals surface area contributed by atoms with Crippen molar-refractivity contribution in [3.63, 3.8) is 0 Å². The third-order valence-electron chi connectivity index (χ3n) is 7.20. The van der Waals surface area contributed by atoms with Crippen LogP contribution in [0.5, 0.6) is 5.75 Å². The molecule has 34 heavy (non-hydrogen) atoms. The van der Waals surface area contributed by atoms with E-state index in [9.17, 15) is 13.2 Å². The zero-order valence-corrected chi connectivity index (χ0v) is 22.2. The van der Waals surface area contributed by atoms with Gasteiger partial charge in [-0.15, -0.1) is 0 Å². The van der Waals surface area contributed by atoms with E-state index in [1.54, 1.807) is 38.0 Å². The molecule has 1 saturated carbocycles. The molecular weight excluding hydrogens is 456 g/mol. The highest BCUT2D eigenvalue weighted by atomic mass is 32.2. The van der Waals surface area contributed by atoms with E-state index in [4.69, 9.17) is 9.47 Å². The lowest BCUT2D eigenvalue weighted by atomic mass is 9.84. The minimum atomic E-state index is -3.68. The van der Waals surface area contributed by atoms with Gasteiger partial charge in [0.15, 0.2) is 0 Å². The van der Waals surface area contributed by atoms with E-state index in [2.05, 4.69) is 16.8 Å². The Balaban J connectivity index is 1.41. The molecule has 0 unspecified atom stereocenters. The maximum Gasteiger partial charge on any atom is 0.248 e. The highest BCUT2D eigenvalue weighted by Crippen LogP contribution is 2.30. The molecule has 1 heterocycles. The molecule has 0 radical (unpaired) electrons. The van der Waals surface area contributed by atoms with Crippen LogP contribution in [0.2, 0.25) is 0 Å². The number of carbonyl (C=O) groups is 1. The molecule has 9 nitrogen and oxygen atoms in total. The molecule has 0 N–H and O–H groups in total. The van der Waals surface area contributed by atoms with Gasteiger partial charge >= 0.3 is 0 Å². The number of piperazine rings is 1. The molecule has 0 aromatic heterocycles. The standard InChI is InChI=1S/C24H40N4O5S/c1-18-13-22(32-6)14-19(2)24(18)34(30,31)26(4)11-12-33-17-23(29)27(5)20-15-21(16-20)28-9-7-25(3)8-10-28/h13-14,20-21H,7-12,15-17H2,1-6H3/t20-,21+. The van der Waals surface area contributed by atoms with Crippen molar-refractivity contribution < 1.29 is 22.7 Å². The van der Waals surface area contributed by atoms with Crippen LogP contribution in [0.3, 0.4) is 0 Å². The third kappa shape index (κ3) is 6.09. The van der Waals surface area contributed by atoms with Crippen LogP contribution in [-0.4, -0.2) is 120 Å². The first-order chi connectivity index (χ1) is 16.0. The molecule has 1 aliphatic carbocycles. The summed E-state index contributed by atoms with van der Waals surface area (Å²) >= 11 is 0. The molecular formula is C24H40N4O5S. The molecule has 10 heteroatoms. The predicted molar refractivity (Wildman–Crippen MR) is 132 cm³/mol. The van der Waals surface area contributed by atoms with Gasteiger partial charge in [-0.05, 0) is 57.0 Å². The number of likely N-dealkylation sites (N-methyl/N-ethyl adjacent to an activating group) is 3. The summed E-state index contributed by atoms with van der Waals surface area (Å²) in [4.78, 5) is 19.5. The summed E-state index contributed by atoms with van der Waals surface area (Å²) in [7, 11) is 3.40. The minimum Gasteiger partial charge on any atom is -0.497 e. The van der Waals surface area contributed by atoms with Crippen LogP contribution >= 0.6 is 0 Å². The van der Waals surface area contributed by atoms with Crippen LogP contribution in [0.4, 0.5) is 0 Å². The lowest BCUT2D eigenvalue weighted by molar-refractivity contribution is -0.140. The number of carbonyl (C=O) groups excluding carboxylic acids is 1. The fourth-order valence-electron chi connectivity index (χ4n) is 4.73. The van der Waals surface area contributed by atoms with Gasteiger partial charge in [0.25, 0.3) is 0 Å². The number of sulfonamides is 1. The number of aryl methyl sites for hydroxylation is 2. The van der Waals surface area contributed by atoms with Crippen LogP contribution in [0, 0.1) is 13.8 Å². The molecule has 0 spiro atoms. The maximum atomic E-state index is 13.1. The lowest BCUT2D eigenvalue weighted by Gasteiger charge is -2.48. The third-order valence-corrected chi connectivity index (χ3v) is 9.36. The van der Waals surface area contributed by atoms with E-state index in [0.717, 1.165) is 39.0 Å². The van der Waals surface area contributed by atoms with E-state index < -0.39 is 10.0 Å². The molecule has 1 aliphatic heterocycles. The predicted octanol–water partition coefficient (Wildman–Crippen LogP) is 1.19. The second-order valence-corrected chi connectivity index (χ2v) is 11.6. The first-order valence-corrected chi connectivity index (χ1v) is 13.4. The topological polar surface area (TPSA) is 82.6 Å². The van der Waals surface area contributed by atoms with Crippen molar-refractivity contribution in [1.82, 2.24) is 19.0 Å². The molecule has 192 valence electrons. The monoisotopic (exact) mass is 496 g/mol. The van der Waals surface area contributed by atoms with Crippen molar-refractivity contribution in [2.45, 2.75) is 43.7 Å². The summed E-state index contributed by atoms with van der Waals surface area (Å²) in [6.45, 7) is 8.20. The molecule has 1 aromatic rings. The average Bonchev–Trinajstić information content (AvgIpc) is 2.75. The van der Waals surface area contributed by atoms with Crippen molar-refractivity contribution in [3.05, 3.63) is 23.3 Å². The lowest BCUT2D eigenvalue weighted by Crippen LogP contribution is -2.58. The Hall–Kier alpha value is -1.72. The van der Waals surface area contributed by atoms with Gasteiger partial charge in [0.1, 0.15) is 12.4 Å². The van der Waals surface area contributed by atoms with E-state index in [-0.39, 0.29) is 36.6 Å². The SMILES string of the molecule is COc1cc(C)c(S(=O)(=O)N(C)CCOCC(=O)N(C)[C@H]2C[C@@H](N3CCN(C)CC3)C2)c(C)c1. The summed E-state index contributed by atoms with van der Waals surface area (Å²) in [5.74, 6) is 0.568. The molecule has 2 aliphatic rings. The number of rotatable bonds is 10. The molecule has 1 saturated heterocycles. The molecule has 3 rings (SSSR count). The van der Waals surface area contributed by atoms with E-state index in [1.165, 1.54) is 11.4 Å². The van der Waals surface area contributed by atoms with Gasteiger partial charge < -0.3 is 19.3 Å².